The molecule has 0 saturated heterocycles. The van der Waals surface area contributed by atoms with Crippen LogP contribution in [-0.2, 0) is 17.5 Å². The Bertz CT molecular complexity index is 647. The van der Waals surface area contributed by atoms with E-state index in [1.807, 2.05) is 0 Å². The predicted octanol–water partition coefficient (Wildman–Crippen LogP) is 2.88. The smallest absolute Gasteiger partial charge is 0.435 e. The predicted molar refractivity (Wildman–Crippen MR) is 64.1 cm³/mol. The normalized spacial score (nSPS) is 11.5. The van der Waals surface area contributed by atoms with Crippen LogP contribution < -0.4 is 0 Å². The van der Waals surface area contributed by atoms with Gasteiger partial charge in [0.2, 0.25) is 0 Å². The second kappa shape index (κ2) is 5.55. The molecule has 0 N–H and O–H groups in total. The molecule has 0 fully saturated rings. The van der Waals surface area contributed by atoms with Crippen LogP contribution in [0.1, 0.15) is 21.7 Å². The van der Waals surface area contributed by atoms with E-state index in [0.717, 1.165) is 11.8 Å². The minimum atomic E-state index is -4.67. The third kappa shape index (κ3) is 3.39. The monoisotopic (exact) mass is 302 g/mol. The fourth-order valence-electron chi connectivity index (χ4n) is 1.71. The molecule has 4 nitrogen and oxygen atoms in total. The molecule has 112 valence electrons. The molecule has 0 bridgehead atoms. The van der Waals surface area contributed by atoms with Gasteiger partial charge in [-0.3, -0.25) is 4.68 Å². The molecule has 0 aliphatic rings. The summed E-state index contributed by atoms with van der Waals surface area (Å²) in [6.07, 6.45) is -4.67. The summed E-state index contributed by atoms with van der Waals surface area (Å²) in [7, 11) is 1.06. The number of nitrogens with zero attached hydrogens (tertiary/aromatic N) is 2. The summed E-state index contributed by atoms with van der Waals surface area (Å²) in [5.41, 5.74) is -1.02. The van der Waals surface area contributed by atoms with Crippen LogP contribution in [-0.4, -0.2) is 22.9 Å². The molecular weight excluding hydrogens is 292 g/mol. The van der Waals surface area contributed by atoms with Crippen molar-refractivity contribution in [1.82, 2.24) is 9.78 Å². The number of carbonyl (C=O) groups is 1. The van der Waals surface area contributed by atoms with Crippen molar-refractivity contribution < 1.29 is 27.1 Å². The van der Waals surface area contributed by atoms with E-state index in [4.69, 9.17) is 0 Å². The Kier molecular flexibility index (Phi) is 3.97. The second-order valence-corrected chi connectivity index (χ2v) is 4.19. The van der Waals surface area contributed by atoms with E-state index in [1.54, 1.807) is 0 Å². The SMILES string of the molecule is COC(=O)c1cc(C(F)(F)F)nn1Cc1ccc(F)cc1. The number of aromatic nitrogens is 2. The van der Waals surface area contributed by atoms with Crippen LogP contribution >= 0.6 is 0 Å². The molecule has 0 radical (unpaired) electrons. The first-order valence-corrected chi connectivity index (χ1v) is 5.79. The maximum Gasteiger partial charge on any atom is 0.435 e. The summed E-state index contributed by atoms with van der Waals surface area (Å²) in [6, 6.07) is 5.74. The highest BCUT2D eigenvalue weighted by Crippen LogP contribution is 2.29. The lowest BCUT2D eigenvalue weighted by Gasteiger charge is -2.06. The van der Waals surface area contributed by atoms with Crippen molar-refractivity contribution in [3.8, 4) is 0 Å². The van der Waals surface area contributed by atoms with Gasteiger partial charge in [0.15, 0.2) is 5.69 Å². The number of hydrogen-bond donors (Lipinski definition) is 0. The Morgan fingerprint density at radius 3 is 2.43 bits per heavy atom. The number of carbonyl (C=O) groups excluding carboxylic acids is 1. The topological polar surface area (TPSA) is 44.1 Å². The Labute approximate surface area is 116 Å². The largest absolute Gasteiger partial charge is 0.464 e. The van der Waals surface area contributed by atoms with Gasteiger partial charge in [-0.05, 0) is 17.7 Å². The Morgan fingerprint density at radius 2 is 1.90 bits per heavy atom. The third-order valence-corrected chi connectivity index (χ3v) is 2.71. The van der Waals surface area contributed by atoms with Gasteiger partial charge in [-0.15, -0.1) is 0 Å². The first-order chi connectivity index (χ1) is 9.81. The average Bonchev–Trinajstić information content (AvgIpc) is 2.84. The highest BCUT2D eigenvalue weighted by Gasteiger charge is 2.36. The minimum absolute atomic E-state index is 0.110. The summed E-state index contributed by atoms with van der Waals surface area (Å²) in [6.45, 7) is -0.110. The number of halogens is 4. The molecule has 1 aromatic heterocycles. The standard InChI is InChI=1S/C13H10F4N2O2/c1-21-12(20)10-6-11(13(15,16)17)18-19(10)7-8-2-4-9(14)5-3-8/h2-6H,7H2,1H3. The van der Waals surface area contributed by atoms with Crippen molar-refractivity contribution >= 4 is 5.97 Å². The van der Waals surface area contributed by atoms with Crippen molar-refractivity contribution in [2.75, 3.05) is 7.11 Å². The van der Waals surface area contributed by atoms with Gasteiger partial charge in [-0.1, -0.05) is 12.1 Å². The zero-order chi connectivity index (χ0) is 15.6. The van der Waals surface area contributed by atoms with Crippen molar-refractivity contribution in [2.45, 2.75) is 12.7 Å². The van der Waals surface area contributed by atoms with Crippen LogP contribution in [0.4, 0.5) is 17.6 Å². The number of alkyl halides is 3. The molecule has 0 atom stereocenters. The lowest BCUT2D eigenvalue weighted by molar-refractivity contribution is -0.141. The van der Waals surface area contributed by atoms with Crippen molar-refractivity contribution in [1.29, 1.82) is 0 Å². The Hall–Kier alpha value is -2.38. The first-order valence-electron chi connectivity index (χ1n) is 5.79. The van der Waals surface area contributed by atoms with Crippen LogP contribution in [0.5, 0.6) is 0 Å². The number of ether oxygens (including phenoxy) is 1. The summed E-state index contributed by atoms with van der Waals surface area (Å²) in [5, 5.41) is 3.37. The van der Waals surface area contributed by atoms with Gasteiger partial charge in [0.25, 0.3) is 0 Å². The molecule has 2 rings (SSSR count). The fraction of sp³-hybridized carbons (Fsp3) is 0.231. The molecule has 1 aromatic carbocycles. The van der Waals surface area contributed by atoms with Crippen LogP contribution in [0.15, 0.2) is 30.3 Å². The van der Waals surface area contributed by atoms with E-state index in [-0.39, 0.29) is 12.2 Å². The molecule has 0 aliphatic carbocycles. The molecule has 2 aromatic rings. The molecule has 21 heavy (non-hydrogen) atoms. The van der Waals surface area contributed by atoms with Gasteiger partial charge >= 0.3 is 12.1 Å². The molecule has 8 heteroatoms. The lowest BCUT2D eigenvalue weighted by atomic mass is 10.2. The molecule has 0 saturated carbocycles. The van der Waals surface area contributed by atoms with Crippen LogP contribution in [0.25, 0.3) is 0 Å². The summed E-state index contributed by atoms with van der Waals surface area (Å²) in [4.78, 5) is 11.5. The number of esters is 1. The van der Waals surface area contributed by atoms with Gasteiger partial charge in [0.1, 0.15) is 11.5 Å². The Balaban J connectivity index is 2.38. The van der Waals surface area contributed by atoms with E-state index in [1.165, 1.54) is 24.3 Å². The quantitative estimate of drug-likeness (QED) is 0.647. The van der Waals surface area contributed by atoms with Gasteiger partial charge < -0.3 is 4.74 Å². The molecule has 0 unspecified atom stereocenters. The van der Waals surface area contributed by atoms with Gasteiger partial charge in [0.05, 0.1) is 13.7 Å². The van der Waals surface area contributed by atoms with E-state index in [2.05, 4.69) is 9.84 Å². The number of methoxy groups -OCH3 is 1. The Morgan fingerprint density at radius 1 is 1.29 bits per heavy atom. The van der Waals surface area contributed by atoms with Gasteiger partial charge in [-0.25, -0.2) is 9.18 Å². The highest BCUT2D eigenvalue weighted by molar-refractivity contribution is 5.87. The molecular formula is C13H10F4N2O2. The highest BCUT2D eigenvalue weighted by atomic mass is 19.4. The number of hydrogen-bond acceptors (Lipinski definition) is 3. The zero-order valence-electron chi connectivity index (χ0n) is 10.8. The van der Waals surface area contributed by atoms with Crippen LogP contribution in [0, 0.1) is 5.82 Å². The summed E-state index contributed by atoms with van der Waals surface area (Å²) < 4.78 is 56.1. The van der Waals surface area contributed by atoms with E-state index < -0.39 is 23.7 Å². The van der Waals surface area contributed by atoms with E-state index >= 15 is 0 Å². The van der Waals surface area contributed by atoms with E-state index in [9.17, 15) is 22.4 Å². The maximum atomic E-state index is 12.8. The molecule has 0 amide bonds. The first kappa shape index (κ1) is 15.0. The van der Waals surface area contributed by atoms with Crippen molar-refractivity contribution in [3.05, 3.63) is 53.1 Å². The summed E-state index contributed by atoms with van der Waals surface area (Å²) >= 11 is 0. The van der Waals surface area contributed by atoms with Gasteiger partial charge in [0, 0.05) is 6.07 Å². The summed E-state index contributed by atoms with van der Waals surface area (Å²) in [5.74, 6) is -1.40. The molecule has 0 aliphatic heterocycles. The van der Waals surface area contributed by atoms with E-state index in [0.29, 0.717) is 11.6 Å². The number of benzene rings is 1. The van der Waals surface area contributed by atoms with Crippen LogP contribution in [0.3, 0.4) is 0 Å². The lowest BCUT2D eigenvalue weighted by Crippen LogP contribution is -2.13. The molecule has 1 heterocycles. The van der Waals surface area contributed by atoms with Crippen molar-refractivity contribution in [3.63, 3.8) is 0 Å². The average molecular weight is 302 g/mol. The molecule has 0 spiro atoms. The van der Waals surface area contributed by atoms with Crippen LogP contribution in [0.2, 0.25) is 0 Å². The fourth-order valence-corrected chi connectivity index (χ4v) is 1.71. The number of rotatable bonds is 3. The zero-order valence-corrected chi connectivity index (χ0v) is 10.8. The second-order valence-electron chi connectivity index (χ2n) is 4.19. The maximum absolute atomic E-state index is 12.8. The van der Waals surface area contributed by atoms with Gasteiger partial charge in [-0.2, -0.15) is 18.3 Å². The minimum Gasteiger partial charge on any atom is -0.464 e. The third-order valence-electron chi connectivity index (χ3n) is 2.71. The van der Waals surface area contributed by atoms with Crippen molar-refractivity contribution in [2.24, 2.45) is 0 Å².